The first-order valence-corrected chi connectivity index (χ1v) is 5.00. The summed E-state index contributed by atoms with van der Waals surface area (Å²) in [5.41, 5.74) is 0. The molecule has 9 heteroatoms. The van der Waals surface area contributed by atoms with E-state index in [1.54, 1.807) is 0 Å². The molecule has 0 heterocycles. The summed E-state index contributed by atoms with van der Waals surface area (Å²) < 4.78 is 0. The van der Waals surface area contributed by atoms with Crippen LogP contribution < -0.4 is 0 Å². The van der Waals surface area contributed by atoms with Gasteiger partial charge in [-0.1, -0.05) is 0 Å². The van der Waals surface area contributed by atoms with Crippen LogP contribution in [0.2, 0.25) is 0 Å². The Morgan fingerprint density at radius 1 is 0.833 bits per heavy atom. The maximum absolute atomic E-state index is 9.38. The van der Waals surface area contributed by atoms with Gasteiger partial charge in [-0.15, -0.1) is 0 Å². The molecule has 0 saturated carbocycles. The molecule has 18 heavy (non-hydrogen) atoms. The summed E-state index contributed by atoms with van der Waals surface area (Å²) in [5.74, 6) is -1.06. The number of rotatable bonds is 7. The summed E-state index contributed by atoms with van der Waals surface area (Å²) in [6.45, 7) is -0.897. The molecule has 0 aromatic carbocycles. The number of aliphatic hydroxyl groups is 9. The van der Waals surface area contributed by atoms with Gasteiger partial charge in [-0.2, -0.15) is 0 Å². The van der Waals surface area contributed by atoms with Crippen molar-refractivity contribution in [1.29, 1.82) is 0 Å². The van der Waals surface area contributed by atoms with Gasteiger partial charge in [0.25, 0.3) is 0 Å². The van der Waals surface area contributed by atoms with Gasteiger partial charge in [-0.05, 0) is 0 Å². The van der Waals surface area contributed by atoms with Crippen LogP contribution in [0.4, 0.5) is 0 Å². The van der Waals surface area contributed by atoms with Crippen molar-refractivity contribution in [2.75, 3.05) is 6.61 Å². The van der Waals surface area contributed by atoms with Crippen molar-refractivity contribution in [2.45, 2.75) is 36.6 Å². The van der Waals surface area contributed by atoms with E-state index in [9.17, 15) is 25.5 Å². The SMILES string of the molecule is OC=C(O)[C@H](O)[C@H](O)[C@@H](O)[C@@H](O)[C@H](O)[C@H](O)CO. The van der Waals surface area contributed by atoms with Crippen LogP contribution in [-0.4, -0.2) is 89.2 Å². The number of hydrogen-bond acceptors (Lipinski definition) is 9. The highest BCUT2D eigenvalue weighted by molar-refractivity contribution is 5.00. The second-order valence-electron chi connectivity index (χ2n) is 3.71. The van der Waals surface area contributed by atoms with Gasteiger partial charge >= 0.3 is 0 Å². The Labute approximate surface area is 102 Å². The third kappa shape index (κ3) is 4.07. The second-order valence-corrected chi connectivity index (χ2v) is 3.71. The van der Waals surface area contributed by atoms with E-state index in [2.05, 4.69) is 0 Å². The van der Waals surface area contributed by atoms with Crippen LogP contribution in [0.15, 0.2) is 12.0 Å². The molecule has 0 radical (unpaired) electrons. The van der Waals surface area contributed by atoms with Crippen LogP contribution in [0.1, 0.15) is 0 Å². The number of hydrogen-bond donors (Lipinski definition) is 9. The molecule has 0 bridgehead atoms. The van der Waals surface area contributed by atoms with Crippen molar-refractivity contribution in [3.05, 3.63) is 12.0 Å². The van der Waals surface area contributed by atoms with E-state index in [4.69, 9.17) is 20.4 Å². The number of aliphatic hydroxyl groups excluding tert-OH is 9. The maximum atomic E-state index is 9.38. The van der Waals surface area contributed by atoms with Crippen LogP contribution in [0.3, 0.4) is 0 Å². The van der Waals surface area contributed by atoms with Gasteiger partial charge in [0, 0.05) is 0 Å². The summed E-state index contributed by atoms with van der Waals surface area (Å²) >= 11 is 0. The Hall–Kier alpha value is -0.940. The summed E-state index contributed by atoms with van der Waals surface area (Å²) in [6, 6.07) is 0. The predicted molar refractivity (Wildman–Crippen MR) is 56.5 cm³/mol. The molecule has 9 nitrogen and oxygen atoms in total. The van der Waals surface area contributed by atoms with Crippen LogP contribution >= 0.6 is 0 Å². The fraction of sp³-hybridized carbons (Fsp3) is 0.778. The lowest BCUT2D eigenvalue weighted by atomic mass is 9.96. The van der Waals surface area contributed by atoms with E-state index in [-0.39, 0.29) is 6.26 Å². The van der Waals surface area contributed by atoms with Crippen molar-refractivity contribution >= 4 is 0 Å². The summed E-state index contributed by atoms with van der Waals surface area (Å²) in [5, 5.41) is 81.3. The zero-order chi connectivity index (χ0) is 14.5. The molecule has 0 amide bonds. The largest absolute Gasteiger partial charge is 0.512 e. The lowest BCUT2D eigenvalue weighted by Crippen LogP contribution is -2.53. The smallest absolute Gasteiger partial charge is 0.158 e. The molecule has 6 atom stereocenters. The van der Waals surface area contributed by atoms with Crippen molar-refractivity contribution < 1.29 is 46.0 Å². The Balaban J connectivity index is 4.68. The first-order chi connectivity index (χ1) is 8.27. The highest BCUT2D eigenvalue weighted by Crippen LogP contribution is 2.13. The Morgan fingerprint density at radius 3 is 1.67 bits per heavy atom. The lowest BCUT2D eigenvalue weighted by Gasteiger charge is -2.30. The molecule has 0 rings (SSSR count). The standard InChI is InChI=1S/C9H18O9/c10-1-3(12)5(14)7(16)9(18)8(17)6(15)4(13)2-11/h1,4-18H,2H2/t4-,5+,6-,7+,8+,9-/m1/s1. The average molecular weight is 270 g/mol. The highest BCUT2D eigenvalue weighted by atomic mass is 16.4. The van der Waals surface area contributed by atoms with E-state index in [0.29, 0.717) is 0 Å². The lowest BCUT2D eigenvalue weighted by molar-refractivity contribution is -0.156. The van der Waals surface area contributed by atoms with E-state index in [1.807, 2.05) is 0 Å². The monoisotopic (exact) mass is 270 g/mol. The second kappa shape index (κ2) is 7.48. The van der Waals surface area contributed by atoms with E-state index in [1.165, 1.54) is 0 Å². The Bertz CT molecular complexity index is 269. The van der Waals surface area contributed by atoms with Gasteiger partial charge in [-0.3, -0.25) is 0 Å². The quantitative estimate of drug-likeness (QED) is 0.209. The molecule has 108 valence electrons. The molecule has 0 fully saturated rings. The molecule has 0 aliphatic carbocycles. The molecular formula is C9H18O9. The first kappa shape index (κ1) is 17.1. The molecule has 0 aliphatic heterocycles. The summed E-state index contributed by atoms with van der Waals surface area (Å²) in [4.78, 5) is 0. The minimum Gasteiger partial charge on any atom is -0.512 e. The van der Waals surface area contributed by atoms with Crippen molar-refractivity contribution in [3.63, 3.8) is 0 Å². The maximum Gasteiger partial charge on any atom is 0.158 e. The van der Waals surface area contributed by atoms with Crippen molar-refractivity contribution in [1.82, 2.24) is 0 Å². The molecule has 0 spiro atoms. The topological polar surface area (TPSA) is 182 Å². The van der Waals surface area contributed by atoms with Gasteiger partial charge in [0.15, 0.2) is 5.76 Å². The van der Waals surface area contributed by atoms with Gasteiger partial charge in [0.2, 0.25) is 0 Å². The Kier molecular flexibility index (Phi) is 7.09. The van der Waals surface area contributed by atoms with E-state index in [0.717, 1.165) is 0 Å². The fourth-order valence-electron chi connectivity index (χ4n) is 1.18. The van der Waals surface area contributed by atoms with Crippen molar-refractivity contribution in [3.8, 4) is 0 Å². The van der Waals surface area contributed by atoms with Crippen LogP contribution in [0.25, 0.3) is 0 Å². The highest BCUT2D eigenvalue weighted by Gasteiger charge is 2.38. The van der Waals surface area contributed by atoms with Gasteiger partial charge < -0.3 is 46.0 Å². The van der Waals surface area contributed by atoms with Crippen LogP contribution in [0.5, 0.6) is 0 Å². The van der Waals surface area contributed by atoms with Gasteiger partial charge in [0.05, 0.1) is 6.61 Å². The predicted octanol–water partition coefficient (Wildman–Crippen LogP) is -3.90. The molecule has 0 aliphatic rings. The minimum absolute atomic E-state index is 0.0754. The molecule has 0 saturated heterocycles. The van der Waals surface area contributed by atoms with Crippen LogP contribution in [-0.2, 0) is 0 Å². The van der Waals surface area contributed by atoms with Crippen LogP contribution in [0, 0.1) is 0 Å². The first-order valence-electron chi connectivity index (χ1n) is 5.00. The fourth-order valence-corrected chi connectivity index (χ4v) is 1.18. The summed E-state index contributed by atoms with van der Waals surface area (Å²) in [6.07, 6.45) is -12.1. The third-order valence-electron chi connectivity index (χ3n) is 2.39. The van der Waals surface area contributed by atoms with E-state index >= 15 is 0 Å². The third-order valence-corrected chi connectivity index (χ3v) is 2.39. The zero-order valence-corrected chi connectivity index (χ0v) is 9.27. The minimum atomic E-state index is -2.14. The zero-order valence-electron chi connectivity index (χ0n) is 9.27. The molecule has 0 aromatic rings. The van der Waals surface area contributed by atoms with Gasteiger partial charge in [0.1, 0.15) is 42.9 Å². The summed E-state index contributed by atoms with van der Waals surface area (Å²) in [7, 11) is 0. The van der Waals surface area contributed by atoms with Crippen molar-refractivity contribution in [2.24, 2.45) is 0 Å². The molecular weight excluding hydrogens is 252 g/mol. The van der Waals surface area contributed by atoms with E-state index < -0.39 is 49.0 Å². The van der Waals surface area contributed by atoms with Gasteiger partial charge in [-0.25, -0.2) is 0 Å². The average Bonchev–Trinajstić information content (AvgIpc) is 2.40. The molecule has 9 N–H and O–H groups in total. The molecule has 0 aromatic heterocycles. The Morgan fingerprint density at radius 2 is 1.28 bits per heavy atom. The normalized spacial score (nSPS) is 22.9. The molecule has 0 unspecified atom stereocenters.